The molecule has 1 saturated heterocycles. The van der Waals surface area contributed by atoms with Crippen molar-refractivity contribution in [3.05, 3.63) is 23.9 Å². The van der Waals surface area contributed by atoms with Gasteiger partial charge in [-0.1, -0.05) is 6.08 Å². The lowest BCUT2D eigenvalue weighted by Crippen LogP contribution is -2.43. The van der Waals surface area contributed by atoms with Crippen molar-refractivity contribution < 1.29 is 24.9 Å². The van der Waals surface area contributed by atoms with Crippen molar-refractivity contribution in [2.45, 2.75) is 24.5 Å². The highest BCUT2D eigenvalue weighted by Crippen LogP contribution is 2.25. The summed E-state index contributed by atoms with van der Waals surface area (Å²) in [6, 6.07) is 0. The van der Waals surface area contributed by atoms with Crippen LogP contribution in [-0.4, -0.2) is 63.8 Å². The maximum absolute atomic E-state index is 11.1. The monoisotopic (exact) mass is 256 g/mol. The molecule has 0 aromatic rings. The fourth-order valence-electron chi connectivity index (χ4n) is 2.06. The number of primary amides is 1. The van der Waals surface area contributed by atoms with E-state index in [1.165, 1.54) is 0 Å². The number of nitrogens with two attached hydrogens (primary N) is 1. The third-order valence-electron chi connectivity index (χ3n) is 3.09. The summed E-state index contributed by atoms with van der Waals surface area (Å²) in [6.07, 6.45) is 0.874. The first kappa shape index (κ1) is 13.0. The Kier molecular flexibility index (Phi) is 3.67. The summed E-state index contributed by atoms with van der Waals surface area (Å²) in [5.41, 5.74) is 5.57. The number of ether oxygens (including phenoxy) is 1. The summed E-state index contributed by atoms with van der Waals surface area (Å²) in [5, 5.41) is 28.5. The molecule has 18 heavy (non-hydrogen) atoms. The predicted molar refractivity (Wildman–Crippen MR) is 60.9 cm³/mol. The maximum atomic E-state index is 11.1. The number of carbonyl (C=O) groups is 1. The first-order valence-electron chi connectivity index (χ1n) is 5.60. The van der Waals surface area contributed by atoms with Gasteiger partial charge in [-0.3, -0.25) is 4.79 Å². The normalized spacial score (nSPS) is 35.7. The van der Waals surface area contributed by atoms with E-state index in [0.29, 0.717) is 5.57 Å². The van der Waals surface area contributed by atoms with E-state index in [1.807, 2.05) is 0 Å². The zero-order chi connectivity index (χ0) is 13.3. The summed E-state index contributed by atoms with van der Waals surface area (Å²) < 4.78 is 5.35. The summed E-state index contributed by atoms with van der Waals surface area (Å²) >= 11 is 0. The molecule has 7 nitrogen and oxygen atoms in total. The highest BCUT2D eigenvalue weighted by atomic mass is 16.6. The van der Waals surface area contributed by atoms with Gasteiger partial charge >= 0.3 is 0 Å². The van der Waals surface area contributed by atoms with Gasteiger partial charge in [0.25, 0.3) is 0 Å². The van der Waals surface area contributed by atoms with Crippen LogP contribution in [-0.2, 0) is 9.53 Å². The minimum Gasteiger partial charge on any atom is -0.394 e. The molecule has 1 amide bonds. The number of aliphatic hydroxyl groups excluding tert-OH is 3. The maximum Gasteiger partial charge on any atom is 0.246 e. The lowest BCUT2D eigenvalue weighted by atomic mass is 10.1. The molecule has 2 aliphatic rings. The van der Waals surface area contributed by atoms with E-state index in [2.05, 4.69) is 0 Å². The second-order valence-electron chi connectivity index (χ2n) is 4.30. The molecule has 2 aliphatic heterocycles. The second kappa shape index (κ2) is 5.07. The molecule has 100 valence electrons. The second-order valence-corrected chi connectivity index (χ2v) is 4.30. The topological polar surface area (TPSA) is 116 Å². The Bertz CT molecular complexity index is 395. The number of amides is 1. The molecule has 0 spiro atoms. The van der Waals surface area contributed by atoms with E-state index in [9.17, 15) is 15.0 Å². The number of aliphatic hydroxyl groups is 3. The van der Waals surface area contributed by atoms with Crippen molar-refractivity contribution in [3.8, 4) is 0 Å². The van der Waals surface area contributed by atoms with Gasteiger partial charge in [0.1, 0.15) is 18.3 Å². The molecule has 1 fully saturated rings. The summed E-state index contributed by atoms with van der Waals surface area (Å²) in [4.78, 5) is 12.6. The molecule has 2 heterocycles. The van der Waals surface area contributed by atoms with Crippen LogP contribution in [0, 0.1) is 0 Å². The minimum absolute atomic E-state index is 0.193. The SMILES string of the molecule is NC(=O)C1=CC=CN([C@@H]2O[C@H](CO)[C@H](O)C2O)C1. The van der Waals surface area contributed by atoms with Crippen LogP contribution in [0.1, 0.15) is 0 Å². The fourth-order valence-corrected chi connectivity index (χ4v) is 2.06. The van der Waals surface area contributed by atoms with Crippen LogP contribution in [0.2, 0.25) is 0 Å². The number of carbonyl (C=O) groups excluding carboxylic acids is 1. The third-order valence-corrected chi connectivity index (χ3v) is 3.09. The van der Waals surface area contributed by atoms with Crippen molar-refractivity contribution in [1.82, 2.24) is 4.90 Å². The number of hydrogen-bond acceptors (Lipinski definition) is 6. The van der Waals surface area contributed by atoms with Crippen LogP contribution in [0.5, 0.6) is 0 Å². The molecule has 4 atom stereocenters. The van der Waals surface area contributed by atoms with Gasteiger partial charge in [0.15, 0.2) is 6.23 Å². The van der Waals surface area contributed by atoms with Crippen molar-refractivity contribution in [2.75, 3.05) is 13.2 Å². The summed E-state index contributed by atoms with van der Waals surface area (Å²) in [5.74, 6) is -0.545. The Morgan fingerprint density at radius 2 is 2.22 bits per heavy atom. The Labute approximate surface area is 104 Å². The first-order valence-corrected chi connectivity index (χ1v) is 5.60. The quantitative estimate of drug-likeness (QED) is 0.450. The van der Waals surface area contributed by atoms with Gasteiger partial charge in [-0.15, -0.1) is 0 Å². The molecule has 0 aromatic heterocycles. The van der Waals surface area contributed by atoms with Gasteiger partial charge in [-0.05, 0) is 6.08 Å². The largest absolute Gasteiger partial charge is 0.394 e. The van der Waals surface area contributed by atoms with E-state index in [-0.39, 0.29) is 13.2 Å². The van der Waals surface area contributed by atoms with Crippen molar-refractivity contribution >= 4 is 5.91 Å². The van der Waals surface area contributed by atoms with Crippen molar-refractivity contribution in [2.24, 2.45) is 5.73 Å². The van der Waals surface area contributed by atoms with Gasteiger partial charge in [0.05, 0.1) is 13.2 Å². The molecule has 0 bridgehead atoms. The Morgan fingerprint density at radius 1 is 1.50 bits per heavy atom. The van der Waals surface area contributed by atoms with Gasteiger partial charge in [-0.2, -0.15) is 0 Å². The molecule has 2 rings (SSSR count). The zero-order valence-electron chi connectivity index (χ0n) is 9.64. The number of allylic oxidation sites excluding steroid dienone is 2. The molecule has 0 aromatic carbocycles. The molecular formula is C11H16N2O5. The minimum atomic E-state index is -1.16. The van der Waals surface area contributed by atoms with Gasteiger partial charge in [-0.25, -0.2) is 0 Å². The molecule has 0 radical (unpaired) electrons. The van der Waals surface area contributed by atoms with Crippen LogP contribution >= 0.6 is 0 Å². The first-order chi connectivity index (χ1) is 8.54. The summed E-state index contributed by atoms with van der Waals surface area (Å²) in [6.45, 7) is -0.191. The third kappa shape index (κ3) is 2.25. The average Bonchev–Trinajstić information content (AvgIpc) is 2.66. The van der Waals surface area contributed by atoms with Gasteiger partial charge in [0, 0.05) is 11.8 Å². The number of rotatable bonds is 3. The van der Waals surface area contributed by atoms with E-state index in [0.717, 1.165) is 0 Å². The van der Waals surface area contributed by atoms with Crippen molar-refractivity contribution in [1.29, 1.82) is 0 Å². The molecule has 7 heteroatoms. The molecular weight excluding hydrogens is 240 g/mol. The van der Waals surface area contributed by atoms with Gasteiger partial charge in [0.2, 0.25) is 5.91 Å². The fraction of sp³-hybridized carbons (Fsp3) is 0.545. The molecule has 0 aliphatic carbocycles. The van der Waals surface area contributed by atoms with Crippen LogP contribution in [0.15, 0.2) is 23.9 Å². The molecule has 5 N–H and O–H groups in total. The van der Waals surface area contributed by atoms with E-state index in [4.69, 9.17) is 15.6 Å². The van der Waals surface area contributed by atoms with Crippen LogP contribution in [0.25, 0.3) is 0 Å². The number of hydrogen-bond donors (Lipinski definition) is 4. The average molecular weight is 256 g/mol. The standard InChI is InChI=1S/C11H16N2O5/c12-10(17)6-2-1-3-13(4-6)11-9(16)8(15)7(5-14)18-11/h1-3,7-9,11,14-16H,4-5H2,(H2,12,17)/t7-,8+,9?,11-/m1/s1. The van der Waals surface area contributed by atoms with Crippen LogP contribution < -0.4 is 5.73 Å². The molecule has 0 saturated carbocycles. The molecule has 1 unspecified atom stereocenters. The Morgan fingerprint density at radius 3 is 2.78 bits per heavy atom. The predicted octanol–water partition coefficient (Wildman–Crippen LogP) is -2.33. The highest BCUT2D eigenvalue weighted by molar-refractivity contribution is 5.92. The van der Waals surface area contributed by atoms with E-state index < -0.39 is 30.4 Å². The van der Waals surface area contributed by atoms with Crippen molar-refractivity contribution in [3.63, 3.8) is 0 Å². The number of nitrogens with zero attached hydrogens (tertiary/aromatic N) is 1. The van der Waals surface area contributed by atoms with Gasteiger partial charge < -0.3 is 30.7 Å². The lowest BCUT2D eigenvalue weighted by molar-refractivity contribution is -0.115. The highest BCUT2D eigenvalue weighted by Gasteiger charge is 2.44. The van der Waals surface area contributed by atoms with Crippen LogP contribution in [0.4, 0.5) is 0 Å². The van der Waals surface area contributed by atoms with E-state index >= 15 is 0 Å². The Hall–Kier alpha value is -1.41. The Balaban J connectivity index is 2.08. The zero-order valence-corrected chi connectivity index (χ0v) is 9.64. The van der Waals surface area contributed by atoms with Crippen LogP contribution in [0.3, 0.4) is 0 Å². The van der Waals surface area contributed by atoms with E-state index in [1.54, 1.807) is 23.3 Å². The lowest BCUT2D eigenvalue weighted by Gasteiger charge is -2.31. The summed E-state index contributed by atoms with van der Waals surface area (Å²) in [7, 11) is 0. The smallest absolute Gasteiger partial charge is 0.246 e.